The van der Waals surface area contributed by atoms with Gasteiger partial charge >= 0.3 is 5.97 Å². The topological polar surface area (TPSA) is 66.4 Å². The number of hydrogen-bond acceptors (Lipinski definition) is 3. The lowest BCUT2D eigenvalue weighted by atomic mass is 10.2. The maximum absolute atomic E-state index is 11.9. The standard InChI is InChI=1S/C13H15NO3S/c1-4-6-9(13(16)17)14-12(15)11-7-8(3)10(5-2)18-11/h1,7,9H,5-6H2,2-3H3,(H,14,15)(H,16,17). The second-order valence-electron chi connectivity index (χ2n) is 3.84. The van der Waals surface area contributed by atoms with E-state index in [-0.39, 0.29) is 12.3 Å². The summed E-state index contributed by atoms with van der Waals surface area (Å²) < 4.78 is 0. The van der Waals surface area contributed by atoms with Crippen molar-refractivity contribution in [3.05, 3.63) is 21.4 Å². The predicted octanol–water partition coefficient (Wildman–Crippen LogP) is 1.83. The van der Waals surface area contributed by atoms with Crippen LogP contribution < -0.4 is 5.32 Å². The molecule has 0 saturated carbocycles. The minimum absolute atomic E-state index is 0.0218. The van der Waals surface area contributed by atoms with Gasteiger partial charge in [0, 0.05) is 11.3 Å². The summed E-state index contributed by atoms with van der Waals surface area (Å²) in [5.41, 5.74) is 1.05. The zero-order chi connectivity index (χ0) is 13.7. The van der Waals surface area contributed by atoms with Gasteiger partial charge in [0.25, 0.3) is 5.91 Å². The van der Waals surface area contributed by atoms with Gasteiger partial charge in [-0.05, 0) is 25.0 Å². The molecule has 1 atom stereocenters. The highest BCUT2D eigenvalue weighted by atomic mass is 32.1. The number of amides is 1. The number of thiophene rings is 1. The van der Waals surface area contributed by atoms with Crippen molar-refractivity contribution in [1.82, 2.24) is 5.32 Å². The van der Waals surface area contributed by atoms with E-state index in [2.05, 4.69) is 11.2 Å². The van der Waals surface area contributed by atoms with Crippen molar-refractivity contribution in [3.8, 4) is 12.3 Å². The maximum atomic E-state index is 11.9. The van der Waals surface area contributed by atoms with Gasteiger partial charge in [0.05, 0.1) is 4.88 Å². The molecule has 0 fully saturated rings. The number of aliphatic carboxylic acids is 1. The van der Waals surface area contributed by atoms with E-state index in [0.29, 0.717) is 4.88 Å². The molecule has 0 saturated heterocycles. The first-order valence-corrected chi connectivity index (χ1v) is 6.37. The minimum Gasteiger partial charge on any atom is -0.480 e. The Bertz CT molecular complexity index is 499. The highest BCUT2D eigenvalue weighted by Gasteiger charge is 2.21. The van der Waals surface area contributed by atoms with E-state index < -0.39 is 12.0 Å². The van der Waals surface area contributed by atoms with Crippen LogP contribution in [0.2, 0.25) is 0 Å². The van der Waals surface area contributed by atoms with Gasteiger partial charge in [-0.1, -0.05) is 6.92 Å². The van der Waals surface area contributed by atoms with E-state index >= 15 is 0 Å². The van der Waals surface area contributed by atoms with Gasteiger partial charge in [0.15, 0.2) is 0 Å². The molecule has 2 N–H and O–H groups in total. The molecular weight excluding hydrogens is 250 g/mol. The molecule has 1 rings (SSSR count). The number of aryl methyl sites for hydroxylation is 2. The van der Waals surface area contributed by atoms with Gasteiger partial charge < -0.3 is 10.4 Å². The second kappa shape index (κ2) is 6.22. The fourth-order valence-electron chi connectivity index (χ4n) is 1.53. The Labute approximate surface area is 110 Å². The molecule has 0 bridgehead atoms. The minimum atomic E-state index is -1.12. The summed E-state index contributed by atoms with van der Waals surface area (Å²) in [6, 6.07) is 0.739. The largest absolute Gasteiger partial charge is 0.480 e. The highest BCUT2D eigenvalue weighted by Crippen LogP contribution is 2.22. The van der Waals surface area contributed by atoms with Crippen LogP contribution in [0.5, 0.6) is 0 Å². The van der Waals surface area contributed by atoms with Gasteiger partial charge in [0.1, 0.15) is 6.04 Å². The first kappa shape index (κ1) is 14.3. The third-order valence-corrected chi connectivity index (χ3v) is 3.87. The van der Waals surface area contributed by atoms with Crippen LogP contribution in [0.15, 0.2) is 6.07 Å². The lowest BCUT2D eigenvalue weighted by Gasteiger charge is -2.10. The molecule has 0 spiro atoms. The molecular formula is C13H15NO3S. The number of carbonyl (C=O) groups is 2. The molecule has 1 aromatic rings. The Kier molecular flexibility index (Phi) is 4.93. The third-order valence-electron chi connectivity index (χ3n) is 2.49. The number of nitrogens with one attached hydrogen (secondary N) is 1. The van der Waals surface area contributed by atoms with E-state index in [1.54, 1.807) is 6.07 Å². The molecule has 0 aliphatic heterocycles. The van der Waals surface area contributed by atoms with E-state index in [1.165, 1.54) is 11.3 Å². The summed E-state index contributed by atoms with van der Waals surface area (Å²) in [5.74, 6) is 0.738. The van der Waals surface area contributed by atoms with Crippen LogP contribution in [-0.2, 0) is 11.2 Å². The lowest BCUT2D eigenvalue weighted by Crippen LogP contribution is -2.40. The molecule has 1 aromatic heterocycles. The first-order valence-electron chi connectivity index (χ1n) is 5.56. The SMILES string of the molecule is C#CCC(NC(=O)c1cc(C)c(CC)s1)C(=O)O. The zero-order valence-electron chi connectivity index (χ0n) is 10.3. The average Bonchev–Trinajstić information content (AvgIpc) is 2.69. The number of rotatable bonds is 5. The van der Waals surface area contributed by atoms with Crippen LogP contribution in [0, 0.1) is 19.3 Å². The Hall–Kier alpha value is -1.80. The second-order valence-corrected chi connectivity index (χ2v) is 4.98. The fraction of sp³-hybridized carbons (Fsp3) is 0.385. The number of carbonyl (C=O) groups excluding carboxylic acids is 1. The molecule has 0 aliphatic rings. The average molecular weight is 265 g/mol. The van der Waals surface area contributed by atoms with Crippen LogP contribution in [-0.4, -0.2) is 23.0 Å². The molecule has 5 heteroatoms. The van der Waals surface area contributed by atoms with Crippen LogP contribution in [0.1, 0.15) is 33.5 Å². The van der Waals surface area contributed by atoms with Gasteiger partial charge in [0.2, 0.25) is 0 Å². The smallest absolute Gasteiger partial charge is 0.327 e. The predicted molar refractivity (Wildman–Crippen MR) is 70.8 cm³/mol. The van der Waals surface area contributed by atoms with Crippen molar-refractivity contribution in [3.63, 3.8) is 0 Å². The summed E-state index contributed by atoms with van der Waals surface area (Å²) in [6.07, 6.45) is 5.91. The molecule has 4 nitrogen and oxygen atoms in total. The Balaban J connectivity index is 2.81. The maximum Gasteiger partial charge on any atom is 0.327 e. The molecule has 0 radical (unpaired) electrons. The number of carboxylic acids is 1. The van der Waals surface area contributed by atoms with Crippen molar-refractivity contribution in [2.75, 3.05) is 0 Å². The van der Waals surface area contributed by atoms with Crippen molar-refractivity contribution < 1.29 is 14.7 Å². The molecule has 0 aliphatic carbocycles. The number of terminal acetylenes is 1. The van der Waals surface area contributed by atoms with Gasteiger partial charge in [-0.2, -0.15) is 0 Å². The summed E-state index contributed by atoms with van der Waals surface area (Å²) in [4.78, 5) is 24.4. The third kappa shape index (κ3) is 3.34. The van der Waals surface area contributed by atoms with E-state index in [4.69, 9.17) is 11.5 Å². The van der Waals surface area contributed by atoms with Crippen LogP contribution >= 0.6 is 11.3 Å². The molecule has 1 heterocycles. The van der Waals surface area contributed by atoms with E-state index in [9.17, 15) is 9.59 Å². The van der Waals surface area contributed by atoms with E-state index in [0.717, 1.165) is 16.9 Å². The molecule has 1 amide bonds. The van der Waals surface area contributed by atoms with Gasteiger partial charge in [-0.3, -0.25) is 4.79 Å². The molecule has 0 aromatic carbocycles. The Morgan fingerprint density at radius 2 is 2.28 bits per heavy atom. The van der Waals surface area contributed by atoms with Crippen molar-refractivity contribution in [1.29, 1.82) is 0 Å². The summed E-state index contributed by atoms with van der Waals surface area (Å²) in [5, 5.41) is 11.3. The zero-order valence-corrected chi connectivity index (χ0v) is 11.1. The summed E-state index contributed by atoms with van der Waals surface area (Å²) in [6.45, 7) is 3.95. The summed E-state index contributed by atoms with van der Waals surface area (Å²) in [7, 11) is 0. The van der Waals surface area contributed by atoms with Crippen LogP contribution in [0.4, 0.5) is 0 Å². The fourth-order valence-corrected chi connectivity index (χ4v) is 2.55. The molecule has 1 unspecified atom stereocenters. The number of carboxylic acid groups (broad SMARTS) is 1. The van der Waals surface area contributed by atoms with Crippen LogP contribution in [0.25, 0.3) is 0 Å². The Morgan fingerprint density at radius 3 is 2.72 bits per heavy atom. The van der Waals surface area contributed by atoms with Crippen molar-refractivity contribution in [2.45, 2.75) is 32.7 Å². The highest BCUT2D eigenvalue weighted by molar-refractivity contribution is 7.14. The van der Waals surface area contributed by atoms with Gasteiger partial charge in [-0.15, -0.1) is 23.7 Å². The summed E-state index contributed by atoms with van der Waals surface area (Å²) >= 11 is 1.38. The molecule has 18 heavy (non-hydrogen) atoms. The van der Waals surface area contributed by atoms with Crippen LogP contribution in [0.3, 0.4) is 0 Å². The lowest BCUT2D eigenvalue weighted by molar-refractivity contribution is -0.139. The van der Waals surface area contributed by atoms with Crippen molar-refractivity contribution in [2.24, 2.45) is 0 Å². The number of hydrogen-bond donors (Lipinski definition) is 2. The monoisotopic (exact) mass is 265 g/mol. The van der Waals surface area contributed by atoms with E-state index in [1.807, 2.05) is 13.8 Å². The Morgan fingerprint density at radius 1 is 1.61 bits per heavy atom. The normalized spacial score (nSPS) is 11.6. The molecule has 96 valence electrons. The van der Waals surface area contributed by atoms with Gasteiger partial charge in [-0.25, -0.2) is 4.79 Å². The quantitative estimate of drug-likeness (QED) is 0.798. The van der Waals surface area contributed by atoms with Crippen molar-refractivity contribution >= 4 is 23.2 Å². The first-order chi connectivity index (χ1) is 8.49.